The van der Waals surface area contributed by atoms with Gasteiger partial charge in [0.25, 0.3) is 0 Å². The van der Waals surface area contributed by atoms with Gasteiger partial charge in [-0.3, -0.25) is 4.79 Å². The van der Waals surface area contributed by atoms with Gasteiger partial charge in [-0.15, -0.1) is 0 Å². The fraction of sp³-hybridized carbons (Fsp3) is 0.533. The van der Waals surface area contributed by atoms with E-state index in [0.29, 0.717) is 0 Å². The average molecular weight is 282 g/mol. The number of piperidine rings is 1. The number of esters is 1. The highest BCUT2D eigenvalue weighted by Gasteiger charge is 2.35. The minimum Gasteiger partial charge on any atom is -0.469 e. The topological polar surface area (TPSA) is 29.5 Å². The molecule has 1 unspecified atom stereocenters. The van der Waals surface area contributed by atoms with Gasteiger partial charge in [0.15, 0.2) is 0 Å². The monoisotopic (exact) mass is 281 g/mol. The summed E-state index contributed by atoms with van der Waals surface area (Å²) in [6.45, 7) is 4.89. The number of likely N-dealkylation sites (tertiary alicyclic amines) is 1. The maximum Gasteiger partial charge on any atom is 0.310 e. The zero-order valence-electron chi connectivity index (χ0n) is 11.4. The summed E-state index contributed by atoms with van der Waals surface area (Å²) >= 11 is 5.92. The summed E-state index contributed by atoms with van der Waals surface area (Å²) in [5, 5.41) is 0.726. The first kappa shape index (κ1) is 14.4. The highest BCUT2D eigenvalue weighted by molar-refractivity contribution is 6.30. The Hall–Kier alpha value is -1.06. The van der Waals surface area contributed by atoms with Crippen molar-refractivity contribution in [1.82, 2.24) is 4.90 Å². The summed E-state index contributed by atoms with van der Waals surface area (Å²) in [7, 11) is 1.46. The van der Waals surface area contributed by atoms with Crippen molar-refractivity contribution in [1.29, 1.82) is 0 Å². The minimum atomic E-state index is -0.113. The average Bonchev–Trinajstić information content (AvgIpc) is 2.46. The van der Waals surface area contributed by atoms with Gasteiger partial charge in [-0.25, -0.2) is 0 Å². The van der Waals surface area contributed by atoms with E-state index in [0.717, 1.165) is 31.1 Å². The number of benzene rings is 1. The molecule has 4 heteroatoms. The van der Waals surface area contributed by atoms with Gasteiger partial charge in [0.05, 0.1) is 13.0 Å². The van der Waals surface area contributed by atoms with Crippen LogP contribution in [0.2, 0.25) is 5.02 Å². The molecular formula is C15H20ClNO2. The molecule has 0 bridgehead atoms. The van der Waals surface area contributed by atoms with Gasteiger partial charge in [0, 0.05) is 11.6 Å². The first-order valence-electron chi connectivity index (χ1n) is 6.71. The van der Waals surface area contributed by atoms with Crippen LogP contribution in [0.4, 0.5) is 0 Å². The molecule has 0 N–H and O–H groups in total. The van der Waals surface area contributed by atoms with Crippen LogP contribution in [0.5, 0.6) is 0 Å². The normalized spacial score (nSPS) is 24.2. The fourth-order valence-electron chi connectivity index (χ4n) is 2.81. The summed E-state index contributed by atoms with van der Waals surface area (Å²) in [4.78, 5) is 14.3. The van der Waals surface area contributed by atoms with Crippen LogP contribution in [-0.2, 0) is 9.53 Å². The Kier molecular flexibility index (Phi) is 4.83. The molecule has 0 aromatic heterocycles. The number of rotatable bonds is 3. The predicted octanol–water partition coefficient (Wildman–Crippen LogP) is 2.94. The Morgan fingerprint density at radius 3 is 2.68 bits per heavy atom. The number of methoxy groups -OCH3 is 1. The number of halogens is 1. The van der Waals surface area contributed by atoms with Crippen LogP contribution in [0.25, 0.3) is 0 Å². The highest BCUT2D eigenvalue weighted by atomic mass is 35.5. The zero-order valence-corrected chi connectivity index (χ0v) is 12.2. The van der Waals surface area contributed by atoms with Crippen LogP contribution in [-0.4, -0.2) is 37.6 Å². The third kappa shape index (κ3) is 3.28. The molecular weight excluding hydrogens is 262 g/mol. The summed E-state index contributed by atoms with van der Waals surface area (Å²) in [5.74, 6) is 0.0329. The van der Waals surface area contributed by atoms with E-state index < -0.39 is 0 Å². The van der Waals surface area contributed by atoms with Crippen molar-refractivity contribution in [3.8, 4) is 0 Å². The van der Waals surface area contributed by atoms with Crippen molar-refractivity contribution in [2.45, 2.75) is 19.3 Å². The summed E-state index contributed by atoms with van der Waals surface area (Å²) in [6.07, 6.45) is 0.981. The van der Waals surface area contributed by atoms with Crippen molar-refractivity contribution in [2.24, 2.45) is 5.92 Å². The molecule has 0 radical (unpaired) electrons. The van der Waals surface area contributed by atoms with Crippen LogP contribution in [0.15, 0.2) is 24.3 Å². The van der Waals surface area contributed by atoms with Gasteiger partial charge in [-0.1, -0.05) is 30.7 Å². The van der Waals surface area contributed by atoms with E-state index in [9.17, 15) is 4.79 Å². The Morgan fingerprint density at radius 1 is 1.42 bits per heavy atom. The van der Waals surface area contributed by atoms with Crippen molar-refractivity contribution in [2.75, 3.05) is 26.7 Å². The number of carbonyl (C=O) groups excluding carboxylic acids is 1. The number of carbonyl (C=O) groups is 1. The van der Waals surface area contributed by atoms with E-state index in [2.05, 4.69) is 11.8 Å². The lowest BCUT2D eigenvalue weighted by Crippen LogP contribution is -2.43. The molecule has 1 heterocycles. The van der Waals surface area contributed by atoms with Crippen LogP contribution < -0.4 is 0 Å². The lowest BCUT2D eigenvalue weighted by molar-refractivity contribution is -0.148. The predicted molar refractivity (Wildman–Crippen MR) is 76.4 cm³/mol. The van der Waals surface area contributed by atoms with Crippen LogP contribution in [0, 0.1) is 5.92 Å². The lowest BCUT2D eigenvalue weighted by atomic mass is 9.80. The molecule has 1 aromatic carbocycles. The zero-order chi connectivity index (χ0) is 13.8. The number of ether oxygens (including phenoxy) is 1. The molecule has 1 fully saturated rings. The molecule has 104 valence electrons. The minimum absolute atomic E-state index is 0.0834. The molecule has 1 saturated heterocycles. The molecule has 0 saturated carbocycles. The smallest absolute Gasteiger partial charge is 0.310 e. The SMILES string of the molecule is CCN1CCC(c2ccc(Cl)cc2)[C@H](C(=O)OC)C1. The quantitative estimate of drug-likeness (QED) is 0.798. The van der Waals surface area contributed by atoms with Gasteiger partial charge >= 0.3 is 5.97 Å². The van der Waals surface area contributed by atoms with Gasteiger partial charge in [-0.2, -0.15) is 0 Å². The summed E-state index contributed by atoms with van der Waals surface area (Å²) in [5.41, 5.74) is 1.18. The second-order valence-corrected chi connectivity index (χ2v) is 5.41. The number of hydrogen-bond donors (Lipinski definition) is 0. The number of hydrogen-bond acceptors (Lipinski definition) is 3. The van der Waals surface area contributed by atoms with E-state index in [1.165, 1.54) is 12.7 Å². The van der Waals surface area contributed by atoms with Gasteiger partial charge in [0.1, 0.15) is 0 Å². The van der Waals surface area contributed by atoms with Crippen molar-refractivity contribution < 1.29 is 9.53 Å². The molecule has 19 heavy (non-hydrogen) atoms. The molecule has 1 aromatic rings. The van der Waals surface area contributed by atoms with Crippen LogP contribution in [0.1, 0.15) is 24.8 Å². The van der Waals surface area contributed by atoms with Crippen LogP contribution >= 0.6 is 11.6 Å². The van der Waals surface area contributed by atoms with Crippen molar-refractivity contribution >= 4 is 17.6 Å². The maximum absolute atomic E-state index is 12.0. The molecule has 0 spiro atoms. The van der Waals surface area contributed by atoms with Crippen LogP contribution in [0.3, 0.4) is 0 Å². The molecule has 3 nitrogen and oxygen atoms in total. The molecule has 2 rings (SSSR count). The summed E-state index contributed by atoms with van der Waals surface area (Å²) < 4.78 is 4.97. The third-order valence-electron chi connectivity index (χ3n) is 3.95. The van der Waals surface area contributed by atoms with Crippen molar-refractivity contribution in [3.63, 3.8) is 0 Å². The second-order valence-electron chi connectivity index (χ2n) is 4.97. The molecule has 0 aliphatic carbocycles. The molecule has 1 aliphatic rings. The lowest BCUT2D eigenvalue weighted by Gasteiger charge is -2.36. The highest BCUT2D eigenvalue weighted by Crippen LogP contribution is 2.34. The first-order valence-corrected chi connectivity index (χ1v) is 7.09. The summed E-state index contributed by atoms with van der Waals surface area (Å²) in [6, 6.07) is 7.81. The molecule has 1 aliphatic heterocycles. The van der Waals surface area contributed by atoms with Crippen molar-refractivity contribution in [3.05, 3.63) is 34.9 Å². The Labute approximate surface area is 119 Å². The van der Waals surface area contributed by atoms with E-state index in [1.807, 2.05) is 24.3 Å². The Bertz CT molecular complexity index is 432. The molecule has 2 atom stereocenters. The Balaban J connectivity index is 2.21. The molecule has 0 amide bonds. The van der Waals surface area contributed by atoms with Gasteiger partial charge in [0.2, 0.25) is 0 Å². The largest absolute Gasteiger partial charge is 0.469 e. The fourth-order valence-corrected chi connectivity index (χ4v) is 2.93. The number of nitrogens with zero attached hydrogens (tertiary/aromatic N) is 1. The second kappa shape index (κ2) is 6.40. The van der Waals surface area contributed by atoms with E-state index in [-0.39, 0.29) is 17.8 Å². The standard InChI is InChI=1S/C15H20ClNO2/c1-3-17-9-8-13(14(10-17)15(18)19-2)11-4-6-12(16)7-5-11/h4-7,13-14H,3,8-10H2,1-2H3/t13?,14-/m1/s1. The third-order valence-corrected chi connectivity index (χ3v) is 4.20. The first-order chi connectivity index (χ1) is 9.15. The van der Waals surface area contributed by atoms with Gasteiger partial charge in [-0.05, 0) is 43.1 Å². The van der Waals surface area contributed by atoms with E-state index in [1.54, 1.807) is 0 Å². The van der Waals surface area contributed by atoms with Gasteiger partial charge < -0.3 is 9.64 Å². The Morgan fingerprint density at radius 2 is 2.11 bits per heavy atom. The van der Waals surface area contributed by atoms with E-state index in [4.69, 9.17) is 16.3 Å². The maximum atomic E-state index is 12.0. The van der Waals surface area contributed by atoms with E-state index >= 15 is 0 Å².